The van der Waals surface area contributed by atoms with E-state index in [1.807, 2.05) is 28.5 Å². The molecule has 1 amide bonds. The summed E-state index contributed by atoms with van der Waals surface area (Å²) < 4.78 is 5.40. The van der Waals surface area contributed by atoms with Crippen LogP contribution in [0.25, 0.3) is 22.3 Å². The molecular formula is C22H24N4O2S. The van der Waals surface area contributed by atoms with E-state index in [2.05, 4.69) is 22.4 Å². The predicted molar refractivity (Wildman–Crippen MR) is 115 cm³/mol. The SMILES string of the molecule is O=C([C@H]1CCCN(c2nc(-c3ccsc3)nc3ccccc23)C1)N1CCOCC1. The quantitative estimate of drug-likeness (QED) is 0.665. The van der Waals surface area contributed by atoms with Crippen LogP contribution < -0.4 is 4.90 Å². The lowest BCUT2D eigenvalue weighted by molar-refractivity contribution is -0.139. The van der Waals surface area contributed by atoms with E-state index in [0.717, 1.165) is 47.5 Å². The molecule has 3 aromatic rings. The number of para-hydroxylation sites is 1. The Morgan fingerprint density at radius 3 is 2.79 bits per heavy atom. The van der Waals surface area contributed by atoms with Crippen molar-refractivity contribution in [3.8, 4) is 11.4 Å². The van der Waals surface area contributed by atoms with Crippen LogP contribution in [0.5, 0.6) is 0 Å². The van der Waals surface area contributed by atoms with Gasteiger partial charge in [0.05, 0.1) is 24.6 Å². The summed E-state index contributed by atoms with van der Waals surface area (Å²) in [7, 11) is 0. The summed E-state index contributed by atoms with van der Waals surface area (Å²) in [4.78, 5) is 27.0. The van der Waals surface area contributed by atoms with Gasteiger partial charge in [-0.15, -0.1) is 0 Å². The number of hydrogen-bond acceptors (Lipinski definition) is 6. The summed E-state index contributed by atoms with van der Waals surface area (Å²) >= 11 is 1.65. The third-order valence-electron chi connectivity index (χ3n) is 5.76. The molecule has 0 aliphatic carbocycles. The van der Waals surface area contributed by atoms with Crippen molar-refractivity contribution in [3.05, 3.63) is 41.1 Å². The molecule has 4 heterocycles. The molecule has 7 heteroatoms. The summed E-state index contributed by atoms with van der Waals surface area (Å²) in [5.74, 6) is 1.97. The average molecular weight is 409 g/mol. The van der Waals surface area contributed by atoms with Crippen molar-refractivity contribution in [1.29, 1.82) is 0 Å². The highest BCUT2D eigenvalue weighted by molar-refractivity contribution is 7.08. The fourth-order valence-corrected chi connectivity index (χ4v) is 4.87. The Balaban J connectivity index is 1.47. The second-order valence-electron chi connectivity index (χ2n) is 7.62. The topological polar surface area (TPSA) is 58.6 Å². The molecule has 2 aliphatic rings. The van der Waals surface area contributed by atoms with Gasteiger partial charge in [-0.3, -0.25) is 4.79 Å². The Morgan fingerprint density at radius 2 is 1.97 bits per heavy atom. The van der Waals surface area contributed by atoms with Gasteiger partial charge in [0, 0.05) is 42.5 Å². The number of morpholine rings is 1. The van der Waals surface area contributed by atoms with Crippen molar-refractivity contribution in [3.63, 3.8) is 0 Å². The van der Waals surface area contributed by atoms with Gasteiger partial charge in [0.25, 0.3) is 0 Å². The summed E-state index contributed by atoms with van der Waals surface area (Å²) in [5, 5.41) is 5.17. The first-order chi connectivity index (χ1) is 14.3. The van der Waals surface area contributed by atoms with Crippen LogP contribution in [0.2, 0.25) is 0 Å². The first kappa shape index (κ1) is 18.5. The van der Waals surface area contributed by atoms with Gasteiger partial charge in [0.2, 0.25) is 5.91 Å². The highest BCUT2D eigenvalue weighted by Gasteiger charge is 2.31. The van der Waals surface area contributed by atoms with Crippen molar-refractivity contribution >= 4 is 34.0 Å². The van der Waals surface area contributed by atoms with Gasteiger partial charge in [-0.1, -0.05) is 12.1 Å². The van der Waals surface area contributed by atoms with E-state index in [-0.39, 0.29) is 11.8 Å². The van der Waals surface area contributed by atoms with E-state index >= 15 is 0 Å². The number of carbonyl (C=O) groups excluding carboxylic acids is 1. The summed E-state index contributed by atoms with van der Waals surface area (Å²) in [6, 6.07) is 10.2. The minimum Gasteiger partial charge on any atom is -0.378 e. The van der Waals surface area contributed by atoms with Gasteiger partial charge in [-0.05, 0) is 36.4 Å². The van der Waals surface area contributed by atoms with Crippen LogP contribution in [0.15, 0.2) is 41.1 Å². The van der Waals surface area contributed by atoms with Gasteiger partial charge in [-0.25, -0.2) is 9.97 Å². The Kier molecular flexibility index (Phi) is 5.16. The fourth-order valence-electron chi connectivity index (χ4n) is 4.23. The molecule has 0 N–H and O–H groups in total. The number of fused-ring (bicyclic) bond motifs is 1. The molecule has 150 valence electrons. The zero-order valence-electron chi connectivity index (χ0n) is 16.3. The number of benzene rings is 1. The Bertz CT molecular complexity index is 1000. The first-order valence-electron chi connectivity index (χ1n) is 10.2. The average Bonchev–Trinajstić information content (AvgIpc) is 3.33. The molecular weight excluding hydrogens is 384 g/mol. The van der Waals surface area contributed by atoms with Gasteiger partial charge in [0.15, 0.2) is 5.82 Å². The third kappa shape index (κ3) is 3.72. The number of rotatable bonds is 3. The standard InChI is InChI=1S/C22H24N4O2S/c27-22(25-9-11-28-12-10-25)16-4-3-8-26(14-16)21-18-5-1-2-6-19(18)23-20(24-21)17-7-13-29-15-17/h1-2,5-7,13,15-16H,3-4,8-12,14H2/t16-/m0/s1. The highest BCUT2D eigenvalue weighted by Crippen LogP contribution is 2.31. The van der Waals surface area contributed by atoms with Crippen LogP contribution in [0.3, 0.4) is 0 Å². The number of amides is 1. The molecule has 2 aliphatic heterocycles. The number of nitrogens with zero attached hydrogens (tertiary/aromatic N) is 4. The lowest BCUT2D eigenvalue weighted by Crippen LogP contribution is -2.48. The van der Waals surface area contributed by atoms with Crippen molar-refractivity contribution < 1.29 is 9.53 Å². The van der Waals surface area contributed by atoms with Gasteiger partial charge < -0.3 is 14.5 Å². The smallest absolute Gasteiger partial charge is 0.227 e. The fraction of sp³-hybridized carbons (Fsp3) is 0.409. The predicted octanol–water partition coefficient (Wildman–Crippen LogP) is 3.43. The summed E-state index contributed by atoms with van der Waals surface area (Å²) in [6.07, 6.45) is 1.93. The molecule has 2 fully saturated rings. The number of carbonyl (C=O) groups is 1. The van der Waals surface area contributed by atoms with E-state index in [9.17, 15) is 4.79 Å². The van der Waals surface area contributed by atoms with Gasteiger partial charge >= 0.3 is 0 Å². The molecule has 1 aromatic carbocycles. The molecule has 0 saturated carbocycles. The Hall–Kier alpha value is -2.51. The highest BCUT2D eigenvalue weighted by atomic mass is 32.1. The third-order valence-corrected chi connectivity index (χ3v) is 6.44. The monoisotopic (exact) mass is 408 g/mol. The zero-order chi connectivity index (χ0) is 19.6. The molecule has 2 aromatic heterocycles. The molecule has 1 atom stereocenters. The maximum absolute atomic E-state index is 13.1. The second-order valence-corrected chi connectivity index (χ2v) is 8.40. The van der Waals surface area contributed by atoms with Crippen LogP contribution in [-0.4, -0.2) is 60.2 Å². The molecule has 0 bridgehead atoms. The number of hydrogen-bond donors (Lipinski definition) is 0. The largest absolute Gasteiger partial charge is 0.378 e. The van der Waals surface area contributed by atoms with Crippen LogP contribution >= 0.6 is 11.3 Å². The van der Waals surface area contributed by atoms with E-state index in [1.165, 1.54) is 0 Å². The van der Waals surface area contributed by atoms with E-state index in [0.29, 0.717) is 32.8 Å². The maximum atomic E-state index is 13.1. The Labute approximate surface area is 174 Å². The van der Waals surface area contributed by atoms with Crippen LogP contribution in [0.1, 0.15) is 12.8 Å². The number of thiophene rings is 1. The van der Waals surface area contributed by atoms with Crippen molar-refractivity contribution in [2.45, 2.75) is 12.8 Å². The van der Waals surface area contributed by atoms with Crippen molar-refractivity contribution in [2.24, 2.45) is 5.92 Å². The maximum Gasteiger partial charge on any atom is 0.227 e. The molecule has 0 unspecified atom stereocenters. The molecule has 29 heavy (non-hydrogen) atoms. The number of ether oxygens (including phenoxy) is 1. The lowest BCUT2D eigenvalue weighted by Gasteiger charge is -2.37. The molecule has 5 rings (SSSR count). The van der Waals surface area contributed by atoms with Gasteiger partial charge in [-0.2, -0.15) is 11.3 Å². The summed E-state index contributed by atoms with van der Waals surface area (Å²) in [6.45, 7) is 4.31. The van der Waals surface area contributed by atoms with E-state index < -0.39 is 0 Å². The van der Waals surface area contributed by atoms with Crippen LogP contribution in [0.4, 0.5) is 5.82 Å². The second kappa shape index (κ2) is 8.08. The van der Waals surface area contributed by atoms with E-state index in [4.69, 9.17) is 14.7 Å². The number of anilines is 1. The van der Waals surface area contributed by atoms with Crippen molar-refractivity contribution in [1.82, 2.24) is 14.9 Å². The normalized spacial score (nSPS) is 20.2. The lowest BCUT2D eigenvalue weighted by atomic mass is 9.96. The minimum absolute atomic E-state index is 0.0141. The first-order valence-corrected chi connectivity index (χ1v) is 11.1. The van der Waals surface area contributed by atoms with Gasteiger partial charge in [0.1, 0.15) is 5.82 Å². The van der Waals surface area contributed by atoms with Crippen LogP contribution in [-0.2, 0) is 9.53 Å². The van der Waals surface area contributed by atoms with E-state index in [1.54, 1.807) is 11.3 Å². The summed E-state index contributed by atoms with van der Waals surface area (Å²) in [5.41, 5.74) is 1.99. The number of aromatic nitrogens is 2. The number of piperidine rings is 1. The van der Waals surface area contributed by atoms with Crippen LogP contribution in [0, 0.1) is 5.92 Å². The zero-order valence-corrected chi connectivity index (χ0v) is 17.1. The molecule has 2 saturated heterocycles. The minimum atomic E-state index is 0.0141. The molecule has 0 spiro atoms. The Morgan fingerprint density at radius 1 is 1.10 bits per heavy atom. The molecule has 6 nitrogen and oxygen atoms in total. The van der Waals surface area contributed by atoms with Crippen molar-refractivity contribution in [2.75, 3.05) is 44.3 Å². The molecule has 0 radical (unpaired) electrons.